The molecule has 9 heteroatoms. The number of sulfonamides is 1. The van der Waals surface area contributed by atoms with Crippen LogP contribution in [-0.4, -0.2) is 54.3 Å². The fourth-order valence-corrected chi connectivity index (χ4v) is 4.33. The van der Waals surface area contributed by atoms with Crippen LogP contribution in [0.15, 0.2) is 32.3 Å². The van der Waals surface area contributed by atoms with Crippen molar-refractivity contribution in [1.82, 2.24) is 13.8 Å². The molecule has 0 radical (unpaired) electrons. The van der Waals surface area contributed by atoms with Crippen LogP contribution in [0.2, 0.25) is 0 Å². The molecule has 2 aromatic rings. The minimum atomic E-state index is -3.84. The highest BCUT2D eigenvalue weighted by Crippen LogP contribution is 2.24. The first-order valence-electron chi connectivity index (χ1n) is 7.10. The largest absolute Gasteiger partial charge is 0.419 e. The number of fused-ring (bicyclic) bond motifs is 1. The molecule has 1 saturated heterocycles. The van der Waals surface area contributed by atoms with E-state index in [1.54, 1.807) is 14.0 Å². The molecular formula is C14H17N3O5S. The number of hydrogen-bond acceptors (Lipinski definition) is 5. The van der Waals surface area contributed by atoms with E-state index in [1.165, 1.54) is 39.0 Å². The molecule has 0 bridgehead atoms. The van der Waals surface area contributed by atoms with Crippen molar-refractivity contribution in [2.24, 2.45) is 7.05 Å². The third-order valence-corrected chi connectivity index (χ3v) is 6.16. The molecule has 1 aromatic heterocycles. The molecule has 0 saturated carbocycles. The minimum Gasteiger partial charge on any atom is -0.408 e. The van der Waals surface area contributed by atoms with E-state index in [9.17, 15) is 18.0 Å². The topological polar surface area (TPSA) is 92.8 Å². The summed E-state index contributed by atoms with van der Waals surface area (Å²) in [6.07, 6.45) is 0. The zero-order valence-corrected chi connectivity index (χ0v) is 13.8. The summed E-state index contributed by atoms with van der Waals surface area (Å²) < 4.78 is 33.1. The van der Waals surface area contributed by atoms with Gasteiger partial charge in [-0.2, -0.15) is 4.31 Å². The predicted molar refractivity (Wildman–Crippen MR) is 82.4 cm³/mol. The molecule has 0 spiro atoms. The first kappa shape index (κ1) is 15.8. The second-order valence-electron chi connectivity index (χ2n) is 5.61. The number of oxazole rings is 1. The zero-order chi connectivity index (χ0) is 16.9. The Balaban J connectivity index is 2.07. The molecule has 1 fully saturated rings. The van der Waals surface area contributed by atoms with Crippen molar-refractivity contribution in [3.8, 4) is 0 Å². The second kappa shape index (κ2) is 5.20. The highest BCUT2D eigenvalue weighted by Gasteiger charge is 2.38. The number of benzene rings is 1. The molecule has 0 N–H and O–H groups in total. The molecule has 23 heavy (non-hydrogen) atoms. The van der Waals surface area contributed by atoms with Gasteiger partial charge in [0.05, 0.1) is 10.4 Å². The fourth-order valence-electron chi connectivity index (χ4n) is 2.73. The number of carbonyl (C=O) groups excluding carboxylic acids is 1. The van der Waals surface area contributed by atoms with E-state index in [0.29, 0.717) is 17.6 Å². The number of rotatable bonds is 2. The number of likely N-dealkylation sites (N-methyl/N-ethyl adjacent to an activating group) is 1. The molecular weight excluding hydrogens is 322 g/mol. The van der Waals surface area contributed by atoms with Gasteiger partial charge < -0.3 is 9.32 Å². The van der Waals surface area contributed by atoms with E-state index in [2.05, 4.69) is 0 Å². The van der Waals surface area contributed by atoms with Gasteiger partial charge in [0.1, 0.15) is 6.04 Å². The van der Waals surface area contributed by atoms with E-state index in [4.69, 9.17) is 4.42 Å². The Bertz CT molecular complexity index is 943. The Labute approximate surface area is 132 Å². The van der Waals surface area contributed by atoms with Gasteiger partial charge in [-0.25, -0.2) is 13.2 Å². The molecule has 1 aromatic carbocycles. The van der Waals surface area contributed by atoms with Crippen LogP contribution < -0.4 is 5.76 Å². The van der Waals surface area contributed by atoms with Gasteiger partial charge in [0, 0.05) is 27.2 Å². The van der Waals surface area contributed by atoms with Gasteiger partial charge in [0.2, 0.25) is 15.9 Å². The first-order chi connectivity index (χ1) is 10.7. The molecule has 1 atom stereocenters. The summed E-state index contributed by atoms with van der Waals surface area (Å²) in [6, 6.07) is 3.47. The van der Waals surface area contributed by atoms with E-state index < -0.39 is 21.8 Å². The Morgan fingerprint density at radius 3 is 2.57 bits per heavy atom. The Kier molecular flexibility index (Phi) is 3.56. The summed E-state index contributed by atoms with van der Waals surface area (Å²) in [5, 5.41) is 0. The lowest BCUT2D eigenvalue weighted by Gasteiger charge is -2.36. The SMILES string of the molecule is CC1C(=O)N(C)CCN1S(=O)(=O)c1ccc2oc(=O)n(C)c2c1. The summed E-state index contributed by atoms with van der Waals surface area (Å²) >= 11 is 0. The Morgan fingerprint density at radius 1 is 1.17 bits per heavy atom. The number of amides is 1. The monoisotopic (exact) mass is 339 g/mol. The third kappa shape index (κ3) is 2.36. The summed E-state index contributed by atoms with van der Waals surface area (Å²) in [6.45, 7) is 2.14. The second-order valence-corrected chi connectivity index (χ2v) is 7.50. The Morgan fingerprint density at radius 2 is 1.87 bits per heavy atom. The van der Waals surface area contributed by atoms with Gasteiger partial charge >= 0.3 is 5.76 Å². The lowest BCUT2D eigenvalue weighted by molar-refractivity contribution is -0.136. The summed E-state index contributed by atoms with van der Waals surface area (Å²) in [7, 11) is -0.682. The van der Waals surface area contributed by atoms with E-state index in [-0.39, 0.29) is 17.3 Å². The Hall–Kier alpha value is -2.13. The molecule has 8 nitrogen and oxygen atoms in total. The maximum absolute atomic E-state index is 12.8. The van der Waals surface area contributed by atoms with E-state index in [0.717, 1.165) is 0 Å². The maximum atomic E-state index is 12.8. The third-order valence-electron chi connectivity index (χ3n) is 4.19. The summed E-state index contributed by atoms with van der Waals surface area (Å²) in [5.74, 6) is -0.797. The van der Waals surface area contributed by atoms with Crippen molar-refractivity contribution < 1.29 is 17.6 Å². The van der Waals surface area contributed by atoms with Crippen LogP contribution in [-0.2, 0) is 21.9 Å². The lowest BCUT2D eigenvalue weighted by Crippen LogP contribution is -2.56. The van der Waals surface area contributed by atoms with Crippen LogP contribution in [0.4, 0.5) is 0 Å². The molecule has 1 aliphatic rings. The van der Waals surface area contributed by atoms with E-state index in [1.807, 2.05) is 0 Å². The van der Waals surface area contributed by atoms with Gasteiger partial charge in [-0.1, -0.05) is 0 Å². The first-order valence-corrected chi connectivity index (χ1v) is 8.54. The van der Waals surface area contributed by atoms with Crippen LogP contribution in [0.25, 0.3) is 11.1 Å². The number of hydrogen-bond donors (Lipinski definition) is 0. The average molecular weight is 339 g/mol. The smallest absolute Gasteiger partial charge is 0.408 e. The zero-order valence-electron chi connectivity index (χ0n) is 13.0. The minimum absolute atomic E-state index is 0.0330. The molecule has 3 rings (SSSR count). The van der Waals surface area contributed by atoms with E-state index >= 15 is 0 Å². The van der Waals surface area contributed by atoms with Gasteiger partial charge in [-0.15, -0.1) is 0 Å². The standard InChI is InChI=1S/C14H17N3O5S/c1-9-13(18)15(2)6-7-17(9)23(20,21)10-4-5-12-11(8-10)16(3)14(19)22-12/h4-5,8-9H,6-7H2,1-3H3. The molecule has 0 aliphatic carbocycles. The lowest BCUT2D eigenvalue weighted by atomic mass is 10.2. The van der Waals surface area contributed by atoms with Gasteiger partial charge in [0.25, 0.3) is 0 Å². The van der Waals surface area contributed by atoms with Crippen LogP contribution in [0.3, 0.4) is 0 Å². The molecule has 1 aliphatic heterocycles. The highest BCUT2D eigenvalue weighted by atomic mass is 32.2. The predicted octanol–water partition coefficient (Wildman–Crippen LogP) is -0.0173. The van der Waals surface area contributed by atoms with Crippen molar-refractivity contribution in [1.29, 1.82) is 0 Å². The number of carbonyl (C=O) groups is 1. The number of aryl methyl sites for hydroxylation is 1. The maximum Gasteiger partial charge on any atom is 0.419 e. The molecule has 1 unspecified atom stereocenters. The molecule has 2 heterocycles. The highest BCUT2D eigenvalue weighted by molar-refractivity contribution is 7.89. The van der Waals surface area contributed by atoms with Crippen LogP contribution in [0, 0.1) is 0 Å². The van der Waals surface area contributed by atoms with Crippen molar-refractivity contribution in [3.05, 3.63) is 28.7 Å². The van der Waals surface area contributed by atoms with Crippen molar-refractivity contribution in [2.45, 2.75) is 17.9 Å². The van der Waals surface area contributed by atoms with Crippen molar-refractivity contribution in [2.75, 3.05) is 20.1 Å². The molecule has 1 amide bonds. The van der Waals surface area contributed by atoms with Gasteiger partial charge in [-0.3, -0.25) is 9.36 Å². The fraction of sp³-hybridized carbons (Fsp3) is 0.429. The average Bonchev–Trinajstić information content (AvgIpc) is 2.79. The summed E-state index contributed by atoms with van der Waals surface area (Å²) in [5.41, 5.74) is 0.711. The van der Waals surface area contributed by atoms with Gasteiger partial charge in [0.15, 0.2) is 5.58 Å². The quantitative estimate of drug-likeness (QED) is 0.767. The number of aromatic nitrogens is 1. The van der Waals surface area contributed by atoms with Crippen LogP contribution in [0.1, 0.15) is 6.92 Å². The van der Waals surface area contributed by atoms with Crippen molar-refractivity contribution in [3.63, 3.8) is 0 Å². The van der Waals surface area contributed by atoms with Crippen molar-refractivity contribution >= 4 is 27.0 Å². The molecule has 124 valence electrons. The van der Waals surface area contributed by atoms with Crippen LogP contribution >= 0.6 is 0 Å². The number of piperazine rings is 1. The summed E-state index contributed by atoms with van der Waals surface area (Å²) in [4.78, 5) is 25.1. The normalized spacial score (nSPS) is 20.4. The number of nitrogens with zero attached hydrogens (tertiary/aromatic N) is 3. The van der Waals surface area contributed by atoms with Gasteiger partial charge in [-0.05, 0) is 25.1 Å². The van der Waals surface area contributed by atoms with Crippen LogP contribution in [0.5, 0.6) is 0 Å².